The lowest BCUT2D eigenvalue weighted by atomic mass is 10.0. The molecule has 0 spiro atoms. The van der Waals surface area contributed by atoms with E-state index in [1.807, 2.05) is 30.0 Å². The van der Waals surface area contributed by atoms with Crippen LogP contribution < -0.4 is 10.6 Å². The Labute approximate surface area is 179 Å². The van der Waals surface area contributed by atoms with Crippen molar-refractivity contribution >= 4 is 42.5 Å². The van der Waals surface area contributed by atoms with Gasteiger partial charge in [0.2, 0.25) is 5.91 Å². The molecule has 2 heterocycles. The number of thioether (sulfide) groups is 1. The number of hydrogen-bond acceptors (Lipinski definition) is 5. The second kappa shape index (κ2) is 13.6. The van der Waals surface area contributed by atoms with Crippen molar-refractivity contribution < 1.29 is 4.79 Å². The highest BCUT2D eigenvalue weighted by Crippen LogP contribution is 2.24. The van der Waals surface area contributed by atoms with Crippen molar-refractivity contribution in [1.29, 1.82) is 0 Å². The van der Waals surface area contributed by atoms with Gasteiger partial charge >= 0.3 is 0 Å². The van der Waals surface area contributed by atoms with E-state index < -0.39 is 0 Å². The third-order valence-corrected chi connectivity index (χ3v) is 5.88. The summed E-state index contributed by atoms with van der Waals surface area (Å²) in [6, 6.07) is 10.1. The summed E-state index contributed by atoms with van der Waals surface area (Å²) in [6.45, 7) is 8.19. The molecule has 0 aromatic heterocycles. The van der Waals surface area contributed by atoms with Crippen molar-refractivity contribution in [3.05, 3.63) is 35.9 Å². The van der Waals surface area contributed by atoms with E-state index in [1.54, 1.807) is 0 Å². The molecule has 1 amide bonds. The molecule has 27 heavy (non-hydrogen) atoms. The maximum Gasteiger partial charge on any atom is 0.241 e. The number of benzene rings is 1. The molecule has 0 aliphatic carbocycles. The summed E-state index contributed by atoms with van der Waals surface area (Å²) in [5.41, 5.74) is 1.11. The van der Waals surface area contributed by atoms with Gasteiger partial charge in [0.05, 0.1) is 0 Å². The van der Waals surface area contributed by atoms with Gasteiger partial charge in [-0.2, -0.15) is 11.8 Å². The summed E-state index contributed by atoms with van der Waals surface area (Å²) in [5, 5.41) is 6.56. The SMILES string of the molecule is Cl.Cl.O=C(NCCCN1CCNCC1)C(c1ccccc1)N1CCSCC1. The van der Waals surface area contributed by atoms with E-state index in [0.717, 1.165) is 75.8 Å². The number of nitrogens with one attached hydrogen (secondary N) is 2. The van der Waals surface area contributed by atoms with Gasteiger partial charge in [-0.1, -0.05) is 30.3 Å². The zero-order valence-corrected chi connectivity index (χ0v) is 18.2. The summed E-state index contributed by atoms with van der Waals surface area (Å²) in [6.07, 6.45) is 1.02. The quantitative estimate of drug-likeness (QED) is 0.642. The minimum Gasteiger partial charge on any atom is -0.354 e. The van der Waals surface area contributed by atoms with E-state index in [2.05, 4.69) is 32.6 Å². The van der Waals surface area contributed by atoms with E-state index in [9.17, 15) is 4.79 Å². The molecule has 3 rings (SSSR count). The van der Waals surface area contributed by atoms with Crippen LogP contribution in [0.15, 0.2) is 30.3 Å². The number of nitrogens with zero attached hydrogens (tertiary/aromatic N) is 2. The van der Waals surface area contributed by atoms with Gasteiger partial charge in [0.25, 0.3) is 0 Å². The zero-order chi connectivity index (χ0) is 17.3. The lowest BCUT2D eigenvalue weighted by Gasteiger charge is -2.33. The molecule has 2 saturated heterocycles. The number of halogens is 2. The molecule has 1 unspecified atom stereocenters. The maximum absolute atomic E-state index is 12.9. The van der Waals surface area contributed by atoms with Gasteiger partial charge in [-0.25, -0.2) is 0 Å². The Bertz CT molecular complexity index is 526. The average Bonchev–Trinajstić information content (AvgIpc) is 2.68. The lowest BCUT2D eigenvalue weighted by molar-refractivity contribution is -0.126. The Hall–Kier alpha value is -0.500. The minimum atomic E-state index is -0.152. The first-order chi connectivity index (χ1) is 12.3. The van der Waals surface area contributed by atoms with Crippen LogP contribution in [0.1, 0.15) is 18.0 Å². The fraction of sp³-hybridized carbons (Fsp3) is 0.632. The number of carbonyl (C=O) groups is 1. The highest BCUT2D eigenvalue weighted by Gasteiger charge is 2.28. The zero-order valence-electron chi connectivity index (χ0n) is 15.8. The van der Waals surface area contributed by atoms with Crippen LogP contribution in [0.25, 0.3) is 0 Å². The molecule has 1 aromatic rings. The molecule has 0 saturated carbocycles. The second-order valence-corrected chi connectivity index (χ2v) is 7.92. The first kappa shape index (κ1) is 24.5. The van der Waals surface area contributed by atoms with E-state index >= 15 is 0 Å². The summed E-state index contributed by atoms with van der Waals surface area (Å²) in [5.74, 6) is 2.37. The molecular weight excluding hydrogens is 403 g/mol. The number of piperazine rings is 1. The Kier molecular flexibility index (Phi) is 12.4. The van der Waals surface area contributed by atoms with E-state index in [0.29, 0.717) is 0 Å². The fourth-order valence-electron chi connectivity index (χ4n) is 3.54. The Balaban J connectivity index is 0.00000182. The maximum atomic E-state index is 12.9. The Morgan fingerprint density at radius 3 is 2.41 bits per heavy atom. The molecule has 2 N–H and O–H groups in total. The summed E-state index contributed by atoms with van der Waals surface area (Å²) < 4.78 is 0. The standard InChI is InChI=1S/C19H30N4OS.2ClH/c24-19(21-7-4-10-22-11-8-20-9-12-22)18(17-5-2-1-3-6-17)23-13-15-25-16-14-23;;/h1-3,5-6,18,20H,4,7-16H2,(H,21,24);2*1H. The van der Waals surface area contributed by atoms with Crippen molar-refractivity contribution in [3.63, 3.8) is 0 Å². The smallest absolute Gasteiger partial charge is 0.241 e. The molecule has 154 valence electrons. The van der Waals surface area contributed by atoms with Crippen molar-refractivity contribution in [3.8, 4) is 0 Å². The summed E-state index contributed by atoms with van der Waals surface area (Å²) in [4.78, 5) is 17.7. The van der Waals surface area contributed by atoms with Gasteiger partial charge in [0.1, 0.15) is 6.04 Å². The number of rotatable bonds is 7. The monoisotopic (exact) mass is 434 g/mol. The molecule has 0 radical (unpaired) electrons. The Morgan fingerprint density at radius 2 is 1.74 bits per heavy atom. The first-order valence-corrected chi connectivity index (χ1v) is 10.6. The fourth-order valence-corrected chi connectivity index (χ4v) is 4.48. The van der Waals surface area contributed by atoms with Crippen molar-refractivity contribution in [1.82, 2.24) is 20.4 Å². The van der Waals surface area contributed by atoms with Crippen molar-refractivity contribution in [2.24, 2.45) is 0 Å². The molecule has 2 fully saturated rings. The van der Waals surface area contributed by atoms with Crippen LogP contribution >= 0.6 is 36.6 Å². The van der Waals surface area contributed by atoms with Crippen molar-refractivity contribution in [2.45, 2.75) is 12.5 Å². The van der Waals surface area contributed by atoms with Crippen LogP contribution in [0.4, 0.5) is 0 Å². The average molecular weight is 435 g/mol. The van der Waals surface area contributed by atoms with E-state index in [1.165, 1.54) is 0 Å². The molecular formula is C19H32Cl2N4OS. The van der Waals surface area contributed by atoms with Crippen LogP contribution in [-0.4, -0.2) is 79.6 Å². The number of carbonyl (C=O) groups excluding carboxylic acids is 1. The van der Waals surface area contributed by atoms with Gasteiger partial charge in [0.15, 0.2) is 0 Å². The lowest BCUT2D eigenvalue weighted by Crippen LogP contribution is -2.46. The molecule has 0 bridgehead atoms. The van der Waals surface area contributed by atoms with Crippen LogP contribution in [-0.2, 0) is 4.79 Å². The van der Waals surface area contributed by atoms with Crippen LogP contribution in [0.3, 0.4) is 0 Å². The summed E-state index contributed by atoms with van der Waals surface area (Å²) in [7, 11) is 0. The molecule has 8 heteroatoms. The molecule has 1 aromatic carbocycles. The van der Waals surface area contributed by atoms with Gasteiger partial charge in [-0.15, -0.1) is 24.8 Å². The van der Waals surface area contributed by atoms with E-state index in [-0.39, 0.29) is 36.8 Å². The van der Waals surface area contributed by atoms with Gasteiger partial charge < -0.3 is 15.5 Å². The molecule has 2 aliphatic rings. The number of hydrogen-bond donors (Lipinski definition) is 2. The number of amides is 1. The van der Waals surface area contributed by atoms with Crippen LogP contribution in [0.2, 0.25) is 0 Å². The molecule has 1 atom stereocenters. The summed E-state index contributed by atoms with van der Waals surface area (Å²) >= 11 is 1.98. The van der Waals surface area contributed by atoms with Gasteiger partial charge in [0, 0.05) is 57.3 Å². The van der Waals surface area contributed by atoms with Gasteiger partial charge in [-0.05, 0) is 18.5 Å². The third kappa shape index (κ3) is 7.80. The highest BCUT2D eigenvalue weighted by molar-refractivity contribution is 7.99. The molecule has 2 aliphatic heterocycles. The Morgan fingerprint density at radius 1 is 1.07 bits per heavy atom. The first-order valence-electron chi connectivity index (χ1n) is 9.42. The highest BCUT2D eigenvalue weighted by atomic mass is 35.5. The largest absolute Gasteiger partial charge is 0.354 e. The third-order valence-electron chi connectivity index (χ3n) is 4.93. The normalized spacial score (nSPS) is 19.4. The predicted molar refractivity (Wildman–Crippen MR) is 120 cm³/mol. The van der Waals surface area contributed by atoms with Crippen LogP contribution in [0, 0.1) is 0 Å². The van der Waals surface area contributed by atoms with Crippen LogP contribution in [0.5, 0.6) is 0 Å². The topological polar surface area (TPSA) is 47.6 Å². The van der Waals surface area contributed by atoms with E-state index in [4.69, 9.17) is 0 Å². The second-order valence-electron chi connectivity index (χ2n) is 6.70. The van der Waals surface area contributed by atoms with Crippen molar-refractivity contribution in [2.75, 3.05) is 63.9 Å². The predicted octanol–water partition coefficient (Wildman–Crippen LogP) is 2.03. The van der Waals surface area contributed by atoms with Gasteiger partial charge in [-0.3, -0.25) is 9.69 Å². The molecule has 5 nitrogen and oxygen atoms in total. The minimum absolute atomic E-state index is 0.